The van der Waals surface area contributed by atoms with Gasteiger partial charge in [0.05, 0.1) is 6.54 Å². The lowest BCUT2D eigenvalue weighted by Crippen LogP contribution is -2.28. The van der Waals surface area contributed by atoms with Crippen LogP contribution in [0.2, 0.25) is 0 Å². The van der Waals surface area contributed by atoms with Gasteiger partial charge in [-0.3, -0.25) is 0 Å². The summed E-state index contributed by atoms with van der Waals surface area (Å²) >= 11 is 1.94. The van der Waals surface area contributed by atoms with Gasteiger partial charge in [0.15, 0.2) is 0 Å². The molecule has 0 aromatic heterocycles. The third kappa shape index (κ3) is 6.00. The molecule has 1 atom stereocenters. The highest BCUT2D eigenvalue weighted by Crippen LogP contribution is 2.00. The van der Waals surface area contributed by atoms with E-state index < -0.39 is 0 Å². The van der Waals surface area contributed by atoms with Crippen molar-refractivity contribution in [2.75, 3.05) is 18.1 Å². The monoisotopic (exact) mass is 157 g/mol. The molecular weight excluding hydrogens is 142 g/mol. The summed E-state index contributed by atoms with van der Waals surface area (Å²) in [6.07, 6.45) is 5.09. The van der Waals surface area contributed by atoms with Gasteiger partial charge in [-0.05, 0) is 12.7 Å². The Balaban J connectivity index is 3.10. The molecule has 0 heterocycles. The normalized spacial score (nSPS) is 12.5. The third-order valence-corrected chi connectivity index (χ3v) is 2.27. The zero-order valence-electron chi connectivity index (χ0n) is 6.68. The maximum Gasteiger partial charge on any atom is 0.0576 e. The van der Waals surface area contributed by atoms with Gasteiger partial charge in [-0.1, -0.05) is 12.8 Å². The van der Waals surface area contributed by atoms with E-state index >= 15 is 0 Å². The van der Waals surface area contributed by atoms with E-state index in [9.17, 15) is 0 Å². The molecule has 58 valence electrons. The number of thioether (sulfide) groups is 1. The molecule has 0 bridgehead atoms. The van der Waals surface area contributed by atoms with Crippen molar-refractivity contribution in [2.45, 2.75) is 19.9 Å². The summed E-state index contributed by atoms with van der Waals surface area (Å²) in [6, 6.07) is 0.543. The largest absolute Gasteiger partial charge is 0.303 e. The van der Waals surface area contributed by atoms with Gasteiger partial charge in [-0.2, -0.15) is 11.8 Å². The molecule has 0 aromatic rings. The first-order valence-electron chi connectivity index (χ1n) is 3.55. The zero-order valence-corrected chi connectivity index (χ0v) is 7.50. The van der Waals surface area contributed by atoms with Crippen LogP contribution in [-0.4, -0.2) is 24.1 Å². The van der Waals surface area contributed by atoms with E-state index in [1.165, 1.54) is 5.75 Å². The molecule has 0 saturated heterocycles. The van der Waals surface area contributed by atoms with Crippen LogP contribution in [0.4, 0.5) is 0 Å². The van der Waals surface area contributed by atoms with Crippen LogP contribution in [0.1, 0.15) is 13.8 Å². The minimum absolute atomic E-state index is 0.543. The van der Waals surface area contributed by atoms with Gasteiger partial charge < -0.3 is 5.32 Å². The minimum atomic E-state index is 0.543. The molecule has 0 amide bonds. The SMILES string of the molecule is C#CCNC(C)CSCC. The van der Waals surface area contributed by atoms with E-state index in [1.807, 2.05) is 11.8 Å². The Labute approximate surface area is 68.0 Å². The Hall–Kier alpha value is -0.130. The first-order chi connectivity index (χ1) is 4.81. The van der Waals surface area contributed by atoms with Gasteiger partial charge in [-0.15, -0.1) is 6.42 Å². The minimum Gasteiger partial charge on any atom is -0.303 e. The third-order valence-electron chi connectivity index (χ3n) is 1.12. The van der Waals surface area contributed by atoms with Crippen LogP contribution in [0.25, 0.3) is 0 Å². The molecule has 0 saturated carbocycles. The van der Waals surface area contributed by atoms with Crippen LogP contribution in [0, 0.1) is 12.3 Å². The fourth-order valence-corrected chi connectivity index (χ4v) is 1.29. The Bertz CT molecular complexity index is 106. The zero-order chi connectivity index (χ0) is 7.82. The van der Waals surface area contributed by atoms with Crippen molar-refractivity contribution < 1.29 is 0 Å². The second-order valence-electron chi connectivity index (χ2n) is 2.15. The fraction of sp³-hybridized carbons (Fsp3) is 0.750. The number of nitrogens with one attached hydrogen (secondary N) is 1. The molecule has 0 aliphatic heterocycles. The predicted octanol–water partition coefficient (Wildman–Crippen LogP) is 1.35. The first-order valence-corrected chi connectivity index (χ1v) is 4.71. The van der Waals surface area contributed by atoms with Crippen molar-refractivity contribution in [2.24, 2.45) is 0 Å². The maximum absolute atomic E-state index is 5.09. The molecule has 0 rings (SSSR count). The summed E-state index contributed by atoms with van der Waals surface area (Å²) in [5.41, 5.74) is 0. The first kappa shape index (κ1) is 9.87. The van der Waals surface area contributed by atoms with Crippen LogP contribution in [-0.2, 0) is 0 Å². The van der Waals surface area contributed by atoms with Crippen LogP contribution < -0.4 is 5.32 Å². The van der Waals surface area contributed by atoms with Crippen molar-refractivity contribution >= 4 is 11.8 Å². The van der Waals surface area contributed by atoms with Gasteiger partial charge in [-0.25, -0.2) is 0 Å². The van der Waals surface area contributed by atoms with E-state index in [-0.39, 0.29) is 0 Å². The molecular formula is C8H15NS. The predicted molar refractivity (Wildman–Crippen MR) is 49.3 cm³/mol. The standard InChI is InChI=1S/C8H15NS/c1-4-6-9-8(3)7-10-5-2/h1,8-9H,5-7H2,2-3H3. The van der Waals surface area contributed by atoms with E-state index in [4.69, 9.17) is 6.42 Å². The van der Waals surface area contributed by atoms with Gasteiger partial charge >= 0.3 is 0 Å². The maximum atomic E-state index is 5.09. The Morgan fingerprint density at radius 3 is 2.90 bits per heavy atom. The summed E-state index contributed by atoms with van der Waals surface area (Å²) < 4.78 is 0. The van der Waals surface area contributed by atoms with Crippen molar-refractivity contribution in [1.82, 2.24) is 5.32 Å². The lowest BCUT2D eigenvalue weighted by Gasteiger charge is -2.09. The summed E-state index contributed by atoms with van der Waals surface area (Å²) in [6.45, 7) is 5.00. The second-order valence-corrected chi connectivity index (χ2v) is 3.46. The molecule has 1 nitrogen and oxygen atoms in total. The summed E-state index contributed by atoms with van der Waals surface area (Å²) in [4.78, 5) is 0. The van der Waals surface area contributed by atoms with Crippen LogP contribution in [0.3, 0.4) is 0 Å². The molecule has 1 N–H and O–H groups in total. The topological polar surface area (TPSA) is 12.0 Å². The average Bonchev–Trinajstić information content (AvgIpc) is 1.97. The smallest absolute Gasteiger partial charge is 0.0576 e. The molecule has 0 aliphatic rings. The lowest BCUT2D eigenvalue weighted by molar-refractivity contribution is 0.647. The van der Waals surface area contributed by atoms with Crippen LogP contribution in [0.5, 0.6) is 0 Å². The van der Waals surface area contributed by atoms with Gasteiger partial charge in [0.25, 0.3) is 0 Å². The Morgan fingerprint density at radius 2 is 2.40 bits per heavy atom. The van der Waals surface area contributed by atoms with E-state index in [0.717, 1.165) is 5.75 Å². The molecule has 1 unspecified atom stereocenters. The van der Waals surface area contributed by atoms with Crippen LogP contribution in [0.15, 0.2) is 0 Å². The molecule has 10 heavy (non-hydrogen) atoms. The molecule has 0 aromatic carbocycles. The Morgan fingerprint density at radius 1 is 1.70 bits per heavy atom. The second kappa shape index (κ2) is 6.98. The Kier molecular flexibility index (Phi) is 6.89. The molecule has 0 radical (unpaired) electrons. The summed E-state index contributed by atoms with van der Waals surface area (Å²) in [5, 5.41) is 3.21. The van der Waals surface area contributed by atoms with Crippen LogP contribution >= 0.6 is 11.8 Å². The van der Waals surface area contributed by atoms with Crippen molar-refractivity contribution in [3.8, 4) is 12.3 Å². The molecule has 0 aliphatic carbocycles. The average molecular weight is 157 g/mol. The van der Waals surface area contributed by atoms with Gasteiger partial charge in [0.2, 0.25) is 0 Å². The summed E-state index contributed by atoms with van der Waals surface area (Å²) in [5.74, 6) is 4.89. The van der Waals surface area contributed by atoms with Crippen molar-refractivity contribution in [3.05, 3.63) is 0 Å². The van der Waals surface area contributed by atoms with E-state index in [2.05, 4.69) is 25.1 Å². The molecule has 0 fully saturated rings. The van der Waals surface area contributed by atoms with E-state index in [1.54, 1.807) is 0 Å². The van der Waals surface area contributed by atoms with Gasteiger partial charge in [0, 0.05) is 11.8 Å². The molecule has 2 heteroatoms. The highest BCUT2D eigenvalue weighted by Gasteiger charge is 1.96. The van der Waals surface area contributed by atoms with Crippen molar-refractivity contribution in [1.29, 1.82) is 0 Å². The van der Waals surface area contributed by atoms with Crippen molar-refractivity contribution in [3.63, 3.8) is 0 Å². The lowest BCUT2D eigenvalue weighted by atomic mass is 10.4. The van der Waals surface area contributed by atoms with Gasteiger partial charge in [0.1, 0.15) is 0 Å². The number of hydrogen-bond donors (Lipinski definition) is 1. The highest BCUT2D eigenvalue weighted by molar-refractivity contribution is 7.99. The fourth-order valence-electron chi connectivity index (χ4n) is 0.587. The molecule has 0 spiro atoms. The number of terminal acetylenes is 1. The quantitative estimate of drug-likeness (QED) is 0.605. The number of hydrogen-bond acceptors (Lipinski definition) is 2. The highest BCUT2D eigenvalue weighted by atomic mass is 32.2. The number of rotatable bonds is 5. The summed E-state index contributed by atoms with van der Waals surface area (Å²) in [7, 11) is 0. The van der Waals surface area contributed by atoms with E-state index in [0.29, 0.717) is 12.6 Å².